The van der Waals surface area contributed by atoms with Gasteiger partial charge in [-0.2, -0.15) is 0 Å². The van der Waals surface area contributed by atoms with Crippen LogP contribution in [0.25, 0.3) is 0 Å². The first-order valence-electron chi connectivity index (χ1n) is 3.83. The highest BCUT2D eigenvalue weighted by atomic mass is 16.6. The lowest BCUT2D eigenvalue weighted by Crippen LogP contribution is -2.37. The molecule has 0 aliphatic rings. The van der Waals surface area contributed by atoms with Crippen molar-refractivity contribution < 1.29 is 18.9 Å². The van der Waals surface area contributed by atoms with Crippen molar-refractivity contribution >= 4 is 0 Å². The van der Waals surface area contributed by atoms with Crippen LogP contribution < -0.4 is 0 Å². The van der Waals surface area contributed by atoms with Crippen LogP contribution in [0.5, 0.6) is 0 Å². The van der Waals surface area contributed by atoms with Crippen LogP contribution in [0.2, 0.25) is 0 Å². The average molecular weight is 178 g/mol. The summed E-state index contributed by atoms with van der Waals surface area (Å²) in [5.74, 6) is 0. The van der Waals surface area contributed by atoms with Crippen LogP contribution in [0.1, 0.15) is 0 Å². The molecule has 12 heavy (non-hydrogen) atoms. The zero-order valence-corrected chi connectivity index (χ0v) is 8.20. The van der Waals surface area contributed by atoms with E-state index in [1.165, 1.54) is 0 Å². The van der Waals surface area contributed by atoms with E-state index in [2.05, 4.69) is 0 Å². The molecule has 0 bridgehead atoms. The van der Waals surface area contributed by atoms with E-state index in [1.807, 2.05) is 0 Å². The summed E-state index contributed by atoms with van der Waals surface area (Å²) in [7, 11) is 6.52. The third kappa shape index (κ3) is 4.01. The van der Waals surface area contributed by atoms with E-state index < -0.39 is 0 Å². The molecule has 0 aliphatic carbocycles. The lowest BCUT2D eigenvalue weighted by Gasteiger charge is -2.23. The van der Waals surface area contributed by atoms with Crippen molar-refractivity contribution in [3.63, 3.8) is 0 Å². The SMILES string of the molecule is COCC(OC)C(COC)OC. The van der Waals surface area contributed by atoms with Gasteiger partial charge >= 0.3 is 0 Å². The van der Waals surface area contributed by atoms with Crippen LogP contribution in [0.3, 0.4) is 0 Å². The lowest BCUT2D eigenvalue weighted by atomic mass is 10.2. The van der Waals surface area contributed by atoms with Crippen molar-refractivity contribution in [2.24, 2.45) is 0 Å². The third-order valence-electron chi connectivity index (χ3n) is 1.68. The summed E-state index contributed by atoms with van der Waals surface area (Å²) in [5, 5.41) is 0. The molecule has 0 amide bonds. The van der Waals surface area contributed by atoms with Crippen molar-refractivity contribution in [2.75, 3.05) is 41.7 Å². The van der Waals surface area contributed by atoms with Gasteiger partial charge < -0.3 is 18.9 Å². The van der Waals surface area contributed by atoms with Crippen LogP contribution >= 0.6 is 0 Å². The Kier molecular flexibility index (Phi) is 7.39. The second-order valence-electron chi connectivity index (χ2n) is 2.46. The van der Waals surface area contributed by atoms with Gasteiger partial charge in [0.15, 0.2) is 0 Å². The molecule has 4 heteroatoms. The molecular weight excluding hydrogens is 160 g/mol. The van der Waals surface area contributed by atoms with Gasteiger partial charge in [-0.25, -0.2) is 0 Å². The number of ether oxygens (including phenoxy) is 4. The Morgan fingerprint density at radius 2 is 1.08 bits per heavy atom. The topological polar surface area (TPSA) is 36.9 Å². The van der Waals surface area contributed by atoms with Gasteiger partial charge in [-0.3, -0.25) is 0 Å². The maximum Gasteiger partial charge on any atom is 0.109 e. The summed E-state index contributed by atoms with van der Waals surface area (Å²) in [6.45, 7) is 1.02. The minimum Gasteiger partial charge on any atom is -0.382 e. The second kappa shape index (κ2) is 7.49. The van der Waals surface area contributed by atoms with Crippen LogP contribution in [-0.4, -0.2) is 53.9 Å². The summed E-state index contributed by atoms with van der Waals surface area (Å²) in [5.41, 5.74) is 0. The Balaban J connectivity index is 3.84. The summed E-state index contributed by atoms with van der Waals surface area (Å²) < 4.78 is 20.3. The molecule has 0 heterocycles. The maximum atomic E-state index is 5.17. The number of hydrogen-bond donors (Lipinski definition) is 0. The van der Waals surface area contributed by atoms with Crippen molar-refractivity contribution in [2.45, 2.75) is 12.2 Å². The molecular formula is C8H18O4. The predicted octanol–water partition coefficient (Wildman–Crippen LogP) is 0.309. The van der Waals surface area contributed by atoms with Crippen LogP contribution in [-0.2, 0) is 18.9 Å². The average Bonchev–Trinajstić information content (AvgIpc) is 2.11. The second-order valence-corrected chi connectivity index (χ2v) is 2.46. The summed E-state index contributed by atoms with van der Waals surface area (Å²) in [6, 6.07) is 0. The fraction of sp³-hybridized carbons (Fsp3) is 1.00. The Bertz CT molecular complexity index is 85.1. The van der Waals surface area contributed by atoms with E-state index in [4.69, 9.17) is 18.9 Å². The van der Waals surface area contributed by atoms with Gasteiger partial charge in [-0.05, 0) is 0 Å². The summed E-state index contributed by atoms with van der Waals surface area (Å²) in [6.07, 6.45) is -0.139. The van der Waals surface area contributed by atoms with Crippen LogP contribution in [0.4, 0.5) is 0 Å². The van der Waals surface area contributed by atoms with E-state index in [0.717, 1.165) is 0 Å². The first kappa shape index (κ1) is 11.8. The van der Waals surface area contributed by atoms with Gasteiger partial charge in [0.05, 0.1) is 13.2 Å². The molecule has 4 nitrogen and oxygen atoms in total. The van der Waals surface area contributed by atoms with Gasteiger partial charge in [-0.1, -0.05) is 0 Å². The molecule has 2 unspecified atom stereocenters. The fourth-order valence-corrected chi connectivity index (χ4v) is 0.983. The standard InChI is InChI=1S/C8H18O4/c1-9-5-7(11-3)8(12-4)6-10-2/h7-8H,5-6H2,1-4H3. The Labute approximate surface area is 73.7 Å². The Morgan fingerprint density at radius 1 is 0.750 bits per heavy atom. The molecule has 2 atom stereocenters. The summed E-state index contributed by atoms with van der Waals surface area (Å²) in [4.78, 5) is 0. The van der Waals surface area contributed by atoms with Crippen molar-refractivity contribution in [3.05, 3.63) is 0 Å². The quantitative estimate of drug-likeness (QED) is 0.562. The Hall–Kier alpha value is -0.160. The first-order valence-corrected chi connectivity index (χ1v) is 3.83. The van der Waals surface area contributed by atoms with Gasteiger partial charge in [0.1, 0.15) is 12.2 Å². The lowest BCUT2D eigenvalue weighted by molar-refractivity contribution is -0.0912. The molecule has 0 N–H and O–H groups in total. The predicted molar refractivity (Wildman–Crippen MR) is 45.3 cm³/mol. The van der Waals surface area contributed by atoms with E-state index >= 15 is 0 Å². The molecule has 0 saturated heterocycles. The number of methoxy groups -OCH3 is 4. The normalized spacial score (nSPS) is 16.0. The molecule has 0 aliphatic heterocycles. The molecule has 0 spiro atoms. The zero-order valence-electron chi connectivity index (χ0n) is 8.20. The molecule has 74 valence electrons. The highest BCUT2D eigenvalue weighted by Crippen LogP contribution is 2.03. The highest BCUT2D eigenvalue weighted by molar-refractivity contribution is 4.68. The number of hydrogen-bond acceptors (Lipinski definition) is 4. The van der Waals surface area contributed by atoms with Gasteiger partial charge in [0, 0.05) is 28.4 Å². The van der Waals surface area contributed by atoms with Gasteiger partial charge in [0.25, 0.3) is 0 Å². The van der Waals surface area contributed by atoms with Crippen LogP contribution in [0.15, 0.2) is 0 Å². The van der Waals surface area contributed by atoms with E-state index in [-0.39, 0.29) is 12.2 Å². The highest BCUT2D eigenvalue weighted by Gasteiger charge is 2.20. The molecule has 0 aromatic carbocycles. The summed E-state index contributed by atoms with van der Waals surface area (Å²) >= 11 is 0. The van der Waals surface area contributed by atoms with Gasteiger partial charge in [-0.15, -0.1) is 0 Å². The number of rotatable bonds is 7. The Morgan fingerprint density at radius 3 is 1.25 bits per heavy atom. The van der Waals surface area contributed by atoms with Crippen molar-refractivity contribution in [1.82, 2.24) is 0 Å². The van der Waals surface area contributed by atoms with Crippen molar-refractivity contribution in [3.8, 4) is 0 Å². The molecule has 0 aromatic heterocycles. The minimum atomic E-state index is -0.0695. The van der Waals surface area contributed by atoms with E-state index in [1.54, 1.807) is 28.4 Å². The fourth-order valence-electron chi connectivity index (χ4n) is 0.983. The van der Waals surface area contributed by atoms with Crippen LogP contribution in [0, 0.1) is 0 Å². The molecule has 0 aromatic rings. The van der Waals surface area contributed by atoms with E-state index in [0.29, 0.717) is 13.2 Å². The van der Waals surface area contributed by atoms with Gasteiger partial charge in [0.2, 0.25) is 0 Å². The first-order chi connectivity index (χ1) is 5.79. The monoisotopic (exact) mass is 178 g/mol. The molecule has 0 saturated carbocycles. The smallest absolute Gasteiger partial charge is 0.109 e. The largest absolute Gasteiger partial charge is 0.382 e. The third-order valence-corrected chi connectivity index (χ3v) is 1.68. The molecule has 0 fully saturated rings. The van der Waals surface area contributed by atoms with Crippen molar-refractivity contribution in [1.29, 1.82) is 0 Å². The molecule has 0 rings (SSSR count). The zero-order chi connectivity index (χ0) is 9.40. The maximum absolute atomic E-state index is 5.17. The minimum absolute atomic E-state index is 0.0695. The van der Waals surface area contributed by atoms with E-state index in [9.17, 15) is 0 Å². The molecule has 0 radical (unpaired) electrons.